The summed E-state index contributed by atoms with van der Waals surface area (Å²) >= 11 is 0. The molecule has 0 fully saturated rings. The molecule has 0 spiro atoms. The van der Waals surface area contributed by atoms with E-state index in [9.17, 15) is 18.8 Å². The Balaban J connectivity index is 2.13. The van der Waals surface area contributed by atoms with Gasteiger partial charge in [-0.3, -0.25) is 9.59 Å². The van der Waals surface area contributed by atoms with Crippen LogP contribution in [0.15, 0.2) is 36.4 Å². The maximum atomic E-state index is 14.2. The van der Waals surface area contributed by atoms with Gasteiger partial charge < -0.3 is 20.5 Å². The summed E-state index contributed by atoms with van der Waals surface area (Å²) < 4.78 is 19.2. The molecule has 2 aromatic carbocycles. The fraction of sp³-hybridized carbons (Fsp3) is 0.250. The van der Waals surface area contributed by atoms with Crippen molar-refractivity contribution in [1.82, 2.24) is 0 Å². The lowest BCUT2D eigenvalue weighted by molar-refractivity contribution is -0.116. The highest BCUT2D eigenvalue weighted by Crippen LogP contribution is 2.24. The number of carbonyl (C=O) groups excluding carboxylic acids is 2. The molecule has 3 N–H and O–H groups in total. The van der Waals surface area contributed by atoms with Gasteiger partial charge in [0, 0.05) is 23.7 Å². The zero-order valence-corrected chi connectivity index (χ0v) is 15.7. The van der Waals surface area contributed by atoms with Crippen LogP contribution in [0, 0.1) is 11.7 Å². The van der Waals surface area contributed by atoms with Crippen LogP contribution in [-0.2, 0) is 4.79 Å². The van der Waals surface area contributed by atoms with Crippen LogP contribution in [0.2, 0.25) is 0 Å². The second-order valence-corrected chi connectivity index (χ2v) is 6.52. The van der Waals surface area contributed by atoms with Gasteiger partial charge in [0.05, 0.1) is 12.8 Å². The van der Waals surface area contributed by atoms with Crippen LogP contribution in [0.1, 0.15) is 41.0 Å². The SMILES string of the molecule is COc1cc(NC(=O)c2ccc(NC(=O)CC(C)C)c(F)c2)ccc1C(=O)O. The highest BCUT2D eigenvalue weighted by Gasteiger charge is 2.15. The van der Waals surface area contributed by atoms with Crippen molar-refractivity contribution in [3.8, 4) is 5.75 Å². The van der Waals surface area contributed by atoms with Crippen molar-refractivity contribution in [3.05, 3.63) is 53.3 Å². The summed E-state index contributed by atoms with van der Waals surface area (Å²) in [5, 5.41) is 14.1. The largest absolute Gasteiger partial charge is 0.496 e. The predicted octanol–water partition coefficient (Wildman–Crippen LogP) is 3.77. The normalized spacial score (nSPS) is 10.5. The zero-order valence-electron chi connectivity index (χ0n) is 15.7. The molecule has 0 radical (unpaired) electrons. The van der Waals surface area contributed by atoms with E-state index in [1.807, 2.05) is 13.8 Å². The van der Waals surface area contributed by atoms with E-state index in [1.54, 1.807) is 0 Å². The molecule has 0 bridgehead atoms. The number of carbonyl (C=O) groups is 3. The van der Waals surface area contributed by atoms with Gasteiger partial charge in [0.25, 0.3) is 5.91 Å². The van der Waals surface area contributed by atoms with Crippen LogP contribution >= 0.6 is 0 Å². The van der Waals surface area contributed by atoms with Gasteiger partial charge in [0.15, 0.2) is 0 Å². The number of rotatable bonds is 7. The van der Waals surface area contributed by atoms with Crippen LogP contribution in [-0.4, -0.2) is 30.0 Å². The molecule has 2 amide bonds. The number of hydrogen-bond donors (Lipinski definition) is 3. The van der Waals surface area contributed by atoms with Crippen molar-refractivity contribution in [1.29, 1.82) is 0 Å². The monoisotopic (exact) mass is 388 g/mol. The van der Waals surface area contributed by atoms with Crippen molar-refractivity contribution in [2.45, 2.75) is 20.3 Å². The molecule has 0 atom stereocenters. The van der Waals surface area contributed by atoms with Gasteiger partial charge in [-0.15, -0.1) is 0 Å². The average Bonchev–Trinajstić information content (AvgIpc) is 2.62. The molecule has 2 aromatic rings. The van der Waals surface area contributed by atoms with E-state index in [0.717, 1.165) is 6.07 Å². The van der Waals surface area contributed by atoms with E-state index < -0.39 is 17.7 Å². The summed E-state index contributed by atoms with van der Waals surface area (Å²) in [4.78, 5) is 35.2. The first kappa shape index (κ1) is 20.9. The molecule has 0 aliphatic heterocycles. The van der Waals surface area contributed by atoms with Gasteiger partial charge in [0.2, 0.25) is 5.91 Å². The lowest BCUT2D eigenvalue weighted by Gasteiger charge is -2.11. The van der Waals surface area contributed by atoms with Gasteiger partial charge in [-0.2, -0.15) is 0 Å². The highest BCUT2D eigenvalue weighted by atomic mass is 19.1. The predicted molar refractivity (Wildman–Crippen MR) is 102 cm³/mol. The fourth-order valence-electron chi connectivity index (χ4n) is 2.48. The number of hydrogen-bond acceptors (Lipinski definition) is 4. The van der Waals surface area contributed by atoms with Gasteiger partial charge in [0.1, 0.15) is 17.1 Å². The number of methoxy groups -OCH3 is 1. The Morgan fingerprint density at radius 3 is 2.39 bits per heavy atom. The average molecular weight is 388 g/mol. The van der Waals surface area contributed by atoms with E-state index in [2.05, 4.69) is 10.6 Å². The minimum absolute atomic E-state index is 0.00493. The van der Waals surface area contributed by atoms with E-state index in [4.69, 9.17) is 9.84 Å². The Morgan fingerprint density at radius 2 is 1.82 bits per heavy atom. The number of amides is 2. The number of ether oxygens (including phenoxy) is 1. The highest BCUT2D eigenvalue weighted by molar-refractivity contribution is 6.05. The second kappa shape index (κ2) is 8.98. The summed E-state index contributed by atoms with van der Waals surface area (Å²) in [6.07, 6.45) is 0.260. The first-order valence-corrected chi connectivity index (χ1v) is 8.53. The Hall–Kier alpha value is -3.42. The second-order valence-electron chi connectivity index (χ2n) is 6.52. The minimum Gasteiger partial charge on any atom is -0.496 e. The third kappa shape index (κ3) is 5.29. The molecule has 7 nitrogen and oxygen atoms in total. The van der Waals surface area contributed by atoms with Gasteiger partial charge in [-0.1, -0.05) is 13.8 Å². The molecule has 0 saturated heterocycles. The van der Waals surface area contributed by atoms with Crippen LogP contribution in [0.25, 0.3) is 0 Å². The topological polar surface area (TPSA) is 105 Å². The Labute approximate surface area is 161 Å². The standard InChI is InChI=1S/C20H21FN2O5/c1-11(2)8-18(24)23-16-7-4-12(9-15(16)21)19(25)22-13-5-6-14(20(26)27)17(10-13)28-3/h4-7,9-11H,8H2,1-3H3,(H,22,25)(H,23,24)(H,26,27). The number of anilines is 2. The summed E-state index contributed by atoms with van der Waals surface area (Å²) in [5.74, 6) is -2.58. The number of aromatic carboxylic acids is 1. The van der Waals surface area contributed by atoms with Crippen molar-refractivity contribution in [2.24, 2.45) is 5.92 Å². The summed E-state index contributed by atoms with van der Waals surface area (Å²) in [5.41, 5.74) is 0.282. The Kier molecular flexibility index (Phi) is 6.70. The van der Waals surface area contributed by atoms with E-state index >= 15 is 0 Å². The molecule has 0 aromatic heterocycles. The number of carboxylic acid groups (broad SMARTS) is 1. The van der Waals surface area contributed by atoms with Crippen LogP contribution in [0.3, 0.4) is 0 Å². The number of nitrogens with one attached hydrogen (secondary N) is 2. The van der Waals surface area contributed by atoms with Crippen molar-refractivity contribution in [3.63, 3.8) is 0 Å². The summed E-state index contributed by atoms with van der Waals surface area (Å²) in [7, 11) is 1.31. The van der Waals surface area contributed by atoms with Gasteiger partial charge >= 0.3 is 5.97 Å². The lowest BCUT2D eigenvalue weighted by Crippen LogP contribution is -2.16. The molecule has 8 heteroatoms. The smallest absolute Gasteiger partial charge is 0.339 e. The molecule has 148 valence electrons. The quantitative estimate of drug-likeness (QED) is 0.670. The van der Waals surface area contributed by atoms with Gasteiger partial charge in [-0.25, -0.2) is 9.18 Å². The Morgan fingerprint density at radius 1 is 1.11 bits per heavy atom. The molecule has 0 saturated carbocycles. The molecule has 0 heterocycles. The van der Waals surface area contributed by atoms with Crippen LogP contribution in [0.5, 0.6) is 5.75 Å². The van der Waals surface area contributed by atoms with Crippen LogP contribution < -0.4 is 15.4 Å². The number of halogens is 1. The first-order valence-electron chi connectivity index (χ1n) is 8.53. The van der Waals surface area contributed by atoms with Crippen molar-refractivity contribution < 1.29 is 28.6 Å². The molecule has 2 rings (SSSR count). The zero-order chi connectivity index (χ0) is 20.8. The molecule has 0 aliphatic rings. The van der Waals surface area contributed by atoms with E-state index in [-0.39, 0.29) is 40.8 Å². The van der Waals surface area contributed by atoms with Gasteiger partial charge in [-0.05, 0) is 36.2 Å². The third-order valence-corrected chi connectivity index (χ3v) is 3.79. The molecular weight excluding hydrogens is 367 g/mol. The van der Waals surface area contributed by atoms with Crippen LogP contribution in [0.4, 0.5) is 15.8 Å². The molecule has 28 heavy (non-hydrogen) atoms. The van der Waals surface area contributed by atoms with Crippen molar-refractivity contribution >= 4 is 29.2 Å². The third-order valence-electron chi connectivity index (χ3n) is 3.79. The summed E-state index contributed by atoms with van der Waals surface area (Å²) in [6, 6.07) is 7.77. The molecule has 0 unspecified atom stereocenters. The maximum absolute atomic E-state index is 14.2. The minimum atomic E-state index is -1.16. The summed E-state index contributed by atoms with van der Waals surface area (Å²) in [6.45, 7) is 3.75. The van der Waals surface area contributed by atoms with E-state index in [0.29, 0.717) is 5.69 Å². The molecular formula is C20H21FN2O5. The first-order chi connectivity index (χ1) is 13.2. The Bertz CT molecular complexity index is 911. The van der Waals surface area contributed by atoms with E-state index in [1.165, 1.54) is 37.4 Å². The molecule has 0 aliphatic carbocycles. The fourth-order valence-corrected chi connectivity index (χ4v) is 2.48. The number of carboxylic acids is 1. The van der Waals surface area contributed by atoms with Crippen molar-refractivity contribution in [2.75, 3.05) is 17.7 Å². The maximum Gasteiger partial charge on any atom is 0.339 e. The number of benzene rings is 2. The lowest BCUT2D eigenvalue weighted by atomic mass is 10.1.